The summed E-state index contributed by atoms with van der Waals surface area (Å²) in [5, 5.41) is 0.714. The molecule has 0 saturated carbocycles. The SMILES string of the molecule is O=C1C(=Cc2cccc(Oc3ccccc3)c2)SC(=S)N1Nc1ncc(C(F)(F)F)cc1Cl. The Morgan fingerprint density at radius 1 is 1.09 bits per heavy atom. The standard InChI is InChI=1S/C22H13ClF3N3O2S2/c23-17-11-14(22(24,25)26)12-27-19(17)28-29-20(30)18(33-21(29)32)10-13-5-4-8-16(9-13)31-15-6-2-1-3-7-15/h1-12H,(H,27,28). The first-order chi connectivity index (χ1) is 15.7. The number of nitrogens with zero attached hydrogens (tertiary/aromatic N) is 2. The molecule has 1 aliphatic rings. The Morgan fingerprint density at radius 2 is 1.82 bits per heavy atom. The minimum absolute atomic E-state index is 0.125. The minimum Gasteiger partial charge on any atom is -0.457 e. The van der Waals surface area contributed by atoms with Gasteiger partial charge in [0.25, 0.3) is 5.91 Å². The number of para-hydroxylation sites is 1. The normalized spacial score (nSPS) is 15.3. The van der Waals surface area contributed by atoms with E-state index in [9.17, 15) is 18.0 Å². The average molecular weight is 508 g/mol. The summed E-state index contributed by atoms with van der Waals surface area (Å²) in [7, 11) is 0. The molecule has 1 saturated heterocycles. The molecule has 1 amide bonds. The molecule has 5 nitrogen and oxygen atoms in total. The van der Waals surface area contributed by atoms with Gasteiger partial charge in [0.05, 0.1) is 15.5 Å². The molecule has 2 heterocycles. The first-order valence-corrected chi connectivity index (χ1v) is 10.9. The molecule has 11 heteroatoms. The first kappa shape index (κ1) is 23.1. The highest BCUT2D eigenvalue weighted by Crippen LogP contribution is 2.36. The lowest BCUT2D eigenvalue weighted by molar-refractivity contribution is -0.137. The molecule has 1 N–H and O–H groups in total. The van der Waals surface area contributed by atoms with Gasteiger partial charge in [-0.25, -0.2) is 4.98 Å². The van der Waals surface area contributed by atoms with Gasteiger partial charge in [-0.05, 0) is 54.2 Å². The summed E-state index contributed by atoms with van der Waals surface area (Å²) in [5.41, 5.74) is 2.30. The zero-order valence-corrected chi connectivity index (χ0v) is 18.9. The molecule has 0 spiro atoms. The largest absolute Gasteiger partial charge is 0.457 e. The van der Waals surface area contributed by atoms with E-state index < -0.39 is 17.6 Å². The number of carbonyl (C=O) groups excluding carboxylic acids is 1. The number of pyridine rings is 1. The van der Waals surface area contributed by atoms with Crippen LogP contribution in [0.25, 0.3) is 6.08 Å². The van der Waals surface area contributed by atoms with Crippen LogP contribution in [0.5, 0.6) is 11.5 Å². The number of nitrogens with one attached hydrogen (secondary N) is 1. The number of alkyl halides is 3. The van der Waals surface area contributed by atoms with Crippen LogP contribution >= 0.6 is 35.6 Å². The highest BCUT2D eigenvalue weighted by Gasteiger charge is 2.35. The van der Waals surface area contributed by atoms with Gasteiger partial charge in [-0.3, -0.25) is 10.2 Å². The summed E-state index contributed by atoms with van der Waals surface area (Å²) in [5.74, 6) is 0.646. The summed E-state index contributed by atoms with van der Waals surface area (Å²) < 4.78 is 44.4. The summed E-state index contributed by atoms with van der Waals surface area (Å²) in [6.45, 7) is 0. The Bertz CT molecular complexity index is 1250. The molecular weight excluding hydrogens is 495 g/mol. The molecule has 0 radical (unpaired) electrons. The number of anilines is 1. The Labute approximate surface area is 201 Å². The minimum atomic E-state index is -4.58. The van der Waals surface area contributed by atoms with E-state index in [1.54, 1.807) is 30.3 Å². The van der Waals surface area contributed by atoms with Crippen molar-refractivity contribution in [2.24, 2.45) is 0 Å². The molecule has 0 aliphatic carbocycles. The Morgan fingerprint density at radius 3 is 2.52 bits per heavy atom. The lowest BCUT2D eigenvalue weighted by Crippen LogP contribution is -2.34. The second-order valence-corrected chi connectivity index (χ2v) is 8.75. The summed E-state index contributed by atoms with van der Waals surface area (Å²) in [6.07, 6.45) is -2.32. The van der Waals surface area contributed by atoms with Crippen molar-refractivity contribution in [2.45, 2.75) is 6.18 Å². The van der Waals surface area contributed by atoms with Crippen molar-refractivity contribution in [3.05, 3.63) is 87.9 Å². The van der Waals surface area contributed by atoms with Crippen LogP contribution in [0.1, 0.15) is 11.1 Å². The van der Waals surface area contributed by atoms with Gasteiger partial charge >= 0.3 is 6.18 Å². The van der Waals surface area contributed by atoms with Crippen molar-refractivity contribution in [1.82, 2.24) is 9.99 Å². The molecule has 1 fully saturated rings. The lowest BCUT2D eigenvalue weighted by Gasteiger charge is -2.17. The van der Waals surface area contributed by atoms with Gasteiger partial charge in [0.2, 0.25) is 0 Å². The van der Waals surface area contributed by atoms with Crippen LogP contribution in [-0.4, -0.2) is 20.2 Å². The monoisotopic (exact) mass is 507 g/mol. The van der Waals surface area contributed by atoms with Gasteiger partial charge in [-0.1, -0.05) is 53.7 Å². The highest BCUT2D eigenvalue weighted by molar-refractivity contribution is 8.26. The number of aromatic nitrogens is 1. The number of amides is 1. The van der Waals surface area contributed by atoms with Crippen LogP contribution in [0.3, 0.4) is 0 Å². The predicted octanol–water partition coefficient (Wildman–Crippen LogP) is 6.77. The molecule has 1 aromatic heterocycles. The van der Waals surface area contributed by atoms with Crippen LogP contribution < -0.4 is 10.2 Å². The zero-order chi connectivity index (χ0) is 23.6. The van der Waals surface area contributed by atoms with Crippen molar-refractivity contribution in [3.8, 4) is 11.5 Å². The topological polar surface area (TPSA) is 54.5 Å². The van der Waals surface area contributed by atoms with Gasteiger partial charge in [0, 0.05) is 6.20 Å². The Balaban J connectivity index is 1.51. The maximum atomic E-state index is 12.8. The van der Waals surface area contributed by atoms with E-state index in [1.807, 2.05) is 30.3 Å². The third-order valence-electron chi connectivity index (χ3n) is 4.31. The van der Waals surface area contributed by atoms with Gasteiger partial charge in [0.15, 0.2) is 10.1 Å². The van der Waals surface area contributed by atoms with Gasteiger partial charge in [-0.15, -0.1) is 0 Å². The van der Waals surface area contributed by atoms with Crippen molar-refractivity contribution in [1.29, 1.82) is 0 Å². The van der Waals surface area contributed by atoms with Crippen LogP contribution in [0.15, 0.2) is 71.8 Å². The fraction of sp³-hybridized carbons (Fsp3) is 0.0455. The first-order valence-electron chi connectivity index (χ1n) is 9.31. The summed E-state index contributed by atoms with van der Waals surface area (Å²) >= 11 is 12.2. The summed E-state index contributed by atoms with van der Waals surface area (Å²) in [4.78, 5) is 16.8. The maximum Gasteiger partial charge on any atom is 0.417 e. The lowest BCUT2D eigenvalue weighted by atomic mass is 10.2. The fourth-order valence-electron chi connectivity index (χ4n) is 2.79. The molecule has 168 valence electrons. The molecule has 0 unspecified atom stereocenters. The van der Waals surface area contributed by atoms with Gasteiger partial charge < -0.3 is 4.74 Å². The fourth-order valence-corrected chi connectivity index (χ4v) is 4.18. The van der Waals surface area contributed by atoms with Crippen molar-refractivity contribution in [3.63, 3.8) is 0 Å². The van der Waals surface area contributed by atoms with Crippen molar-refractivity contribution in [2.75, 3.05) is 5.43 Å². The second-order valence-electron chi connectivity index (χ2n) is 6.67. The van der Waals surface area contributed by atoms with Crippen LogP contribution in [-0.2, 0) is 11.0 Å². The Hall–Kier alpha value is -3.08. The van der Waals surface area contributed by atoms with E-state index in [2.05, 4.69) is 10.4 Å². The molecule has 1 aliphatic heterocycles. The van der Waals surface area contributed by atoms with E-state index in [4.69, 9.17) is 28.6 Å². The quantitative estimate of drug-likeness (QED) is 0.303. The van der Waals surface area contributed by atoms with E-state index in [0.717, 1.165) is 22.8 Å². The van der Waals surface area contributed by atoms with Gasteiger partial charge in [-0.2, -0.15) is 18.2 Å². The number of hydrogen-bond acceptors (Lipinski definition) is 6. The number of hydrazine groups is 1. The van der Waals surface area contributed by atoms with Gasteiger partial charge in [0.1, 0.15) is 11.5 Å². The van der Waals surface area contributed by atoms with Crippen LogP contribution in [0.2, 0.25) is 5.02 Å². The molecule has 0 bridgehead atoms. The van der Waals surface area contributed by atoms with Crippen molar-refractivity contribution >= 4 is 57.7 Å². The highest BCUT2D eigenvalue weighted by atomic mass is 35.5. The number of thiocarbonyl (C=S) groups is 1. The molecule has 33 heavy (non-hydrogen) atoms. The number of ether oxygens (including phenoxy) is 1. The smallest absolute Gasteiger partial charge is 0.417 e. The van der Waals surface area contributed by atoms with Crippen LogP contribution in [0.4, 0.5) is 19.0 Å². The third kappa shape index (κ3) is 5.47. The third-order valence-corrected chi connectivity index (χ3v) is 5.90. The number of rotatable bonds is 5. The summed E-state index contributed by atoms with van der Waals surface area (Å²) in [6, 6.07) is 17.1. The number of hydrogen-bond donors (Lipinski definition) is 1. The average Bonchev–Trinajstić information content (AvgIpc) is 3.02. The number of halogens is 4. The van der Waals surface area contributed by atoms with Crippen LogP contribution in [0, 0.1) is 0 Å². The van der Waals surface area contributed by atoms with E-state index >= 15 is 0 Å². The maximum absolute atomic E-state index is 12.8. The Kier molecular flexibility index (Phi) is 6.59. The zero-order valence-electron chi connectivity index (χ0n) is 16.5. The van der Waals surface area contributed by atoms with E-state index in [-0.39, 0.29) is 15.2 Å². The van der Waals surface area contributed by atoms with E-state index in [0.29, 0.717) is 28.2 Å². The molecule has 4 rings (SSSR count). The number of benzene rings is 2. The number of thioether (sulfide) groups is 1. The predicted molar refractivity (Wildman–Crippen MR) is 126 cm³/mol. The molecular formula is C22H13ClF3N3O2S2. The molecule has 3 aromatic rings. The second kappa shape index (κ2) is 9.42. The van der Waals surface area contributed by atoms with E-state index in [1.165, 1.54) is 0 Å². The van der Waals surface area contributed by atoms with Crippen molar-refractivity contribution < 1.29 is 22.7 Å². The molecule has 0 atom stereocenters. The molecule has 2 aromatic carbocycles. The number of carbonyl (C=O) groups is 1.